The Hall–Kier alpha value is -2.90. The summed E-state index contributed by atoms with van der Waals surface area (Å²) in [6, 6.07) is 6.04. The molecule has 3 atom stereocenters. The second-order valence-corrected chi connectivity index (χ2v) is 9.08. The number of aliphatic imine (C=N–C) groups is 1. The van der Waals surface area contributed by atoms with Gasteiger partial charge in [-0.3, -0.25) is 4.79 Å². The number of nitrogens with two attached hydrogens (primary N) is 2. The molecule has 1 fully saturated rings. The lowest BCUT2D eigenvalue weighted by Gasteiger charge is -2.30. The first-order valence-corrected chi connectivity index (χ1v) is 11.2. The van der Waals surface area contributed by atoms with Crippen molar-refractivity contribution < 1.29 is 4.79 Å². The van der Waals surface area contributed by atoms with Crippen LogP contribution in [0.4, 0.5) is 5.82 Å². The topological polar surface area (TPSA) is 131 Å². The first-order valence-electron chi connectivity index (χ1n) is 11.2. The molecule has 0 bridgehead atoms. The highest BCUT2D eigenvalue weighted by molar-refractivity contribution is 5.96. The number of rotatable bonds is 7. The van der Waals surface area contributed by atoms with E-state index in [1.165, 1.54) is 0 Å². The van der Waals surface area contributed by atoms with Crippen LogP contribution in [0.25, 0.3) is 10.9 Å². The van der Waals surface area contributed by atoms with Gasteiger partial charge in [-0.05, 0) is 51.2 Å². The summed E-state index contributed by atoms with van der Waals surface area (Å²) in [4.78, 5) is 26.5. The van der Waals surface area contributed by atoms with E-state index in [1.54, 1.807) is 0 Å². The number of guanidine groups is 1. The Morgan fingerprint density at radius 1 is 1.19 bits per heavy atom. The van der Waals surface area contributed by atoms with E-state index in [-0.39, 0.29) is 35.8 Å². The lowest BCUT2D eigenvalue weighted by molar-refractivity contribution is 0.0926. The number of anilines is 1. The van der Waals surface area contributed by atoms with Gasteiger partial charge in [0.2, 0.25) is 5.82 Å². The number of hydrogen-bond donors (Lipinski definition) is 4. The van der Waals surface area contributed by atoms with Crippen LogP contribution in [0.2, 0.25) is 0 Å². The number of nitrogens with zero attached hydrogens (tertiary/aromatic N) is 3. The van der Waals surface area contributed by atoms with Gasteiger partial charge in [-0.1, -0.05) is 38.3 Å². The summed E-state index contributed by atoms with van der Waals surface area (Å²) in [5.41, 5.74) is 13.1. The van der Waals surface area contributed by atoms with Crippen molar-refractivity contribution in [3.63, 3.8) is 0 Å². The normalized spacial score (nSPS) is 19.8. The number of aryl methyl sites for hydroxylation is 1. The molecule has 0 aliphatic heterocycles. The predicted molar refractivity (Wildman–Crippen MR) is 126 cm³/mol. The Kier molecular flexibility index (Phi) is 7.30. The molecular weight excluding hydrogens is 390 g/mol. The molecule has 6 N–H and O–H groups in total. The van der Waals surface area contributed by atoms with Gasteiger partial charge in [-0.25, -0.2) is 15.0 Å². The van der Waals surface area contributed by atoms with Crippen molar-refractivity contribution in [3.8, 4) is 0 Å². The van der Waals surface area contributed by atoms with E-state index in [4.69, 9.17) is 11.5 Å². The molecule has 1 aliphatic carbocycles. The number of carbonyl (C=O) groups excluding carboxylic acids is 1. The van der Waals surface area contributed by atoms with Crippen molar-refractivity contribution in [1.29, 1.82) is 0 Å². The number of hydrogen-bond acceptors (Lipinski definition) is 5. The Labute approximate surface area is 184 Å². The number of benzene rings is 1. The van der Waals surface area contributed by atoms with Crippen molar-refractivity contribution in [3.05, 3.63) is 29.6 Å². The lowest BCUT2D eigenvalue weighted by Crippen LogP contribution is -2.39. The molecule has 168 valence electrons. The molecule has 0 saturated heterocycles. The molecule has 1 aliphatic rings. The van der Waals surface area contributed by atoms with Crippen LogP contribution in [0.1, 0.15) is 69.1 Å². The maximum atomic E-state index is 12.9. The predicted octanol–water partition coefficient (Wildman–Crippen LogP) is 3.10. The van der Waals surface area contributed by atoms with Crippen LogP contribution in [0, 0.1) is 12.8 Å². The minimum atomic E-state index is -0.261. The van der Waals surface area contributed by atoms with Gasteiger partial charge in [0.05, 0.1) is 17.6 Å². The number of aromatic nitrogens is 2. The van der Waals surface area contributed by atoms with E-state index in [1.807, 2.05) is 32.0 Å². The summed E-state index contributed by atoms with van der Waals surface area (Å²) >= 11 is 0. The zero-order valence-electron chi connectivity index (χ0n) is 19.0. The fraction of sp³-hybridized carbons (Fsp3) is 0.565. The third-order valence-corrected chi connectivity index (χ3v) is 5.62. The van der Waals surface area contributed by atoms with E-state index in [9.17, 15) is 4.79 Å². The van der Waals surface area contributed by atoms with Crippen LogP contribution in [0.5, 0.6) is 0 Å². The Bertz CT molecular complexity index is 952. The molecule has 8 nitrogen and oxygen atoms in total. The minimum absolute atomic E-state index is 0.0167. The van der Waals surface area contributed by atoms with Crippen LogP contribution in [0.15, 0.2) is 23.2 Å². The SMILES string of the molecule is Cc1ccc2nc(C(=O)NC(C)CC(C)C)nc(NC3CCCCC3N=C(N)N)c2c1. The monoisotopic (exact) mass is 425 g/mol. The highest BCUT2D eigenvalue weighted by atomic mass is 16.2. The van der Waals surface area contributed by atoms with Crippen molar-refractivity contribution in [1.82, 2.24) is 15.3 Å². The zero-order valence-corrected chi connectivity index (χ0v) is 19.0. The summed E-state index contributed by atoms with van der Waals surface area (Å²) in [7, 11) is 0. The molecular formula is C23H35N7O. The summed E-state index contributed by atoms with van der Waals surface area (Å²) in [6.45, 7) is 8.30. The molecule has 1 saturated carbocycles. The maximum Gasteiger partial charge on any atom is 0.289 e. The van der Waals surface area contributed by atoms with Crippen LogP contribution >= 0.6 is 0 Å². The van der Waals surface area contributed by atoms with Gasteiger partial charge in [-0.15, -0.1) is 0 Å². The number of nitrogens with one attached hydrogen (secondary N) is 2. The Morgan fingerprint density at radius 2 is 1.94 bits per heavy atom. The molecule has 0 spiro atoms. The molecule has 0 radical (unpaired) electrons. The van der Waals surface area contributed by atoms with E-state index < -0.39 is 0 Å². The molecule has 2 aromatic rings. The third kappa shape index (κ3) is 6.06. The average molecular weight is 426 g/mol. The standard InChI is InChI=1S/C23H35N7O/c1-13(2)11-15(4)26-22(31)21-27-17-10-9-14(3)12-16(17)20(30-21)28-18-7-5-6-8-19(18)29-23(24)25/h9-10,12-13,15,18-19H,5-8,11H2,1-4H3,(H,26,31)(H4,24,25,29)(H,27,28,30). The summed E-state index contributed by atoms with van der Waals surface area (Å²) in [5.74, 6) is 1.15. The van der Waals surface area contributed by atoms with Gasteiger partial charge >= 0.3 is 0 Å². The molecule has 3 unspecified atom stereocenters. The van der Waals surface area contributed by atoms with Crippen LogP contribution in [-0.2, 0) is 0 Å². The fourth-order valence-electron chi connectivity index (χ4n) is 4.31. The van der Waals surface area contributed by atoms with Gasteiger partial charge in [0.15, 0.2) is 5.96 Å². The van der Waals surface area contributed by atoms with Crippen LogP contribution in [-0.4, -0.2) is 40.0 Å². The Balaban J connectivity index is 1.94. The van der Waals surface area contributed by atoms with Crippen molar-refractivity contribution in [2.24, 2.45) is 22.4 Å². The largest absolute Gasteiger partial charge is 0.370 e. The van der Waals surface area contributed by atoms with Gasteiger partial charge in [0.1, 0.15) is 5.82 Å². The molecule has 8 heteroatoms. The number of carbonyl (C=O) groups is 1. The average Bonchev–Trinajstić information content (AvgIpc) is 2.68. The summed E-state index contributed by atoms with van der Waals surface area (Å²) in [5, 5.41) is 7.45. The lowest BCUT2D eigenvalue weighted by atomic mass is 9.90. The maximum absolute atomic E-state index is 12.9. The second-order valence-electron chi connectivity index (χ2n) is 9.08. The summed E-state index contributed by atoms with van der Waals surface area (Å²) in [6.07, 6.45) is 4.93. The molecule has 31 heavy (non-hydrogen) atoms. The van der Waals surface area contributed by atoms with E-state index in [2.05, 4.69) is 39.4 Å². The van der Waals surface area contributed by atoms with Gasteiger partial charge < -0.3 is 22.1 Å². The van der Waals surface area contributed by atoms with Gasteiger partial charge in [-0.2, -0.15) is 0 Å². The van der Waals surface area contributed by atoms with E-state index in [0.29, 0.717) is 11.7 Å². The van der Waals surface area contributed by atoms with Gasteiger partial charge in [0, 0.05) is 11.4 Å². The van der Waals surface area contributed by atoms with Crippen molar-refractivity contribution >= 4 is 28.6 Å². The van der Waals surface area contributed by atoms with Gasteiger partial charge in [0.25, 0.3) is 5.91 Å². The third-order valence-electron chi connectivity index (χ3n) is 5.62. The number of fused-ring (bicyclic) bond motifs is 1. The first-order chi connectivity index (χ1) is 14.7. The van der Waals surface area contributed by atoms with E-state index in [0.717, 1.165) is 48.6 Å². The summed E-state index contributed by atoms with van der Waals surface area (Å²) < 4.78 is 0. The molecule has 1 amide bonds. The quantitative estimate of drug-likeness (QED) is 0.398. The first kappa shape index (κ1) is 22.8. The Morgan fingerprint density at radius 3 is 2.65 bits per heavy atom. The zero-order chi connectivity index (χ0) is 22.5. The van der Waals surface area contributed by atoms with Crippen LogP contribution < -0.4 is 22.1 Å². The van der Waals surface area contributed by atoms with Crippen molar-refractivity contribution in [2.75, 3.05) is 5.32 Å². The highest BCUT2D eigenvalue weighted by Gasteiger charge is 2.26. The molecule has 1 heterocycles. The van der Waals surface area contributed by atoms with Crippen LogP contribution in [0.3, 0.4) is 0 Å². The minimum Gasteiger partial charge on any atom is -0.370 e. The smallest absolute Gasteiger partial charge is 0.289 e. The molecule has 1 aromatic carbocycles. The number of amides is 1. The van der Waals surface area contributed by atoms with E-state index >= 15 is 0 Å². The fourth-order valence-corrected chi connectivity index (χ4v) is 4.31. The van der Waals surface area contributed by atoms with Crippen molar-refractivity contribution in [2.45, 2.75) is 77.9 Å². The highest BCUT2D eigenvalue weighted by Crippen LogP contribution is 2.28. The second kappa shape index (κ2) is 9.94. The molecule has 3 rings (SSSR count). The molecule has 1 aromatic heterocycles.